The van der Waals surface area contributed by atoms with Gasteiger partial charge in [-0.1, -0.05) is 0 Å². The van der Waals surface area contributed by atoms with Crippen molar-refractivity contribution in [2.75, 3.05) is 25.1 Å². The Morgan fingerprint density at radius 2 is 2.35 bits per heavy atom. The fourth-order valence-electron chi connectivity index (χ4n) is 2.02. The van der Waals surface area contributed by atoms with E-state index in [1.54, 1.807) is 13.1 Å². The molecule has 1 fully saturated rings. The summed E-state index contributed by atoms with van der Waals surface area (Å²) in [5.41, 5.74) is 1.70. The van der Waals surface area contributed by atoms with E-state index in [0.29, 0.717) is 6.04 Å². The third-order valence-corrected chi connectivity index (χ3v) is 4.20. The highest BCUT2D eigenvalue weighted by molar-refractivity contribution is 7.99. The average Bonchev–Trinajstić information content (AvgIpc) is 2.29. The van der Waals surface area contributed by atoms with Gasteiger partial charge in [0.2, 0.25) is 0 Å². The minimum absolute atomic E-state index is 0.301. The molecule has 94 valence electrons. The summed E-state index contributed by atoms with van der Waals surface area (Å²) >= 11 is 1.95. The van der Waals surface area contributed by atoms with E-state index in [1.165, 1.54) is 5.75 Å². The fraction of sp³-hybridized carbons (Fsp3) is 0.667. The van der Waals surface area contributed by atoms with Gasteiger partial charge in [0.1, 0.15) is 5.82 Å². The van der Waals surface area contributed by atoms with Crippen molar-refractivity contribution in [3.05, 3.63) is 23.3 Å². The predicted molar refractivity (Wildman–Crippen MR) is 70.1 cm³/mol. The summed E-state index contributed by atoms with van der Waals surface area (Å²) in [4.78, 5) is 11.3. The number of aryl methyl sites for hydroxylation is 1. The van der Waals surface area contributed by atoms with Crippen LogP contribution in [-0.4, -0.2) is 45.1 Å². The molecule has 5 heteroatoms. The first-order chi connectivity index (χ1) is 8.09. The zero-order chi connectivity index (χ0) is 12.4. The van der Waals surface area contributed by atoms with Crippen molar-refractivity contribution in [2.24, 2.45) is 0 Å². The van der Waals surface area contributed by atoms with Crippen LogP contribution in [0.1, 0.15) is 36.2 Å². The number of thioether (sulfide) groups is 1. The zero-order valence-electron chi connectivity index (χ0n) is 10.6. The lowest BCUT2D eigenvalue weighted by atomic mass is 10.1. The second-order valence-corrected chi connectivity index (χ2v) is 5.67. The van der Waals surface area contributed by atoms with Crippen LogP contribution in [0.15, 0.2) is 6.20 Å². The van der Waals surface area contributed by atoms with E-state index < -0.39 is 6.10 Å². The summed E-state index contributed by atoms with van der Waals surface area (Å²) in [5.74, 6) is 3.10. The van der Waals surface area contributed by atoms with Crippen LogP contribution >= 0.6 is 11.8 Å². The molecule has 2 atom stereocenters. The van der Waals surface area contributed by atoms with E-state index in [9.17, 15) is 5.11 Å². The van der Waals surface area contributed by atoms with Crippen LogP contribution in [0, 0.1) is 6.92 Å². The van der Waals surface area contributed by atoms with Gasteiger partial charge < -0.3 is 5.11 Å². The van der Waals surface area contributed by atoms with Gasteiger partial charge in [-0.25, -0.2) is 9.97 Å². The molecule has 0 radical (unpaired) electrons. The van der Waals surface area contributed by atoms with E-state index in [2.05, 4.69) is 21.9 Å². The molecule has 2 rings (SSSR count). The second kappa shape index (κ2) is 5.33. The summed E-state index contributed by atoms with van der Waals surface area (Å²) in [7, 11) is 2.12. The van der Waals surface area contributed by atoms with Crippen LogP contribution in [0.3, 0.4) is 0 Å². The molecule has 2 heterocycles. The highest BCUT2D eigenvalue weighted by atomic mass is 32.2. The molecule has 2 unspecified atom stereocenters. The molecule has 1 aromatic heterocycles. The van der Waals surface area contributed by atoms with Gasteiger partial charge in [0.05, 0.1) is 12.1 Å². The molecule has 0 amide bonds. The molecular formula is C12H19N3OS. The van der Waals surface area contributed by atoms with Crippen molar-refractivity contribution in [3.63, 3.8) is 0 Å². The maximum Gasteiger partial charge on any atom is 0.146 e. The van der Waals surface area contributed by atoms with Crippen molar-refractivity contribution < 1.29 is 5.11 Å². The van der Waals surface area contributed by atoms with Crippen molar-refractivity contribution in [1.82, 2.24) is 14.9 Å². The summed E-state index contributed by atoms with van der Waals surface area (Å²) in [6.07, 6.45) is 1.26. The quantitative estimate of drug-likeness (QED) is 0.867. The number of rotatable bonds is 2. The van der Waals surface area contributed by atoms with Gasteiger partial charge in [0.15, 0.2) is 0 Å². The first kappa shape index (κ1) is 12.8. The first-order valence-electron chi connectivity index (χ1n) is 5.89. The predicted octanol–water partition coefficient (Wildman–Crippen LogP) is 1.56. The average molecular weight is 253 g/mol. The molecule has 0 bridgehead atoms. The number of aromatic nitrogens is 2. The van der Waals surface area contributed by atoms with Crippen molar-refractivity contribution in [3.8, 4) is 0 Å². The van der Waals surface area contributed by atoms with E-state index >= 15 is 0 Å². The molecule has 0 spiro atoms. The molecule has 1 N–H and O–H groups in total. The molecule has 1 aliphatic heterocycles. The topological polar surface area (TPSA) is 49.2 Å². The number of aliphatic hydroxyl groups excluding tert-OH is 1. The summed E-state index contributed by atoms with van der Waals surface area (Å²) in [5, 5.41) is 9.56. The van der Waals surface area contributed by atoms with Crippen LogP contribution in [0.25, 0.3) is 0 Å². The summed E-state index contributed by atoms with van der Waals surface area (Å²) < 4.78 is 0. The van der Waals surface area contributed by atoms with Gasteiger partial charge in [0.25, 0.3) is 0 Å². The van der Waals surface area contributed by atoms with Crippen LogP contribution in [0.5, 0.6) is 0 Å². The molecule has 1 saturated heterocycles. The Bertz CT molecular complexity index is 397. The lowest BCUT2D eigenvalue weighted by Gasteiger charge is -2.31. The summed E-state index contributed by atoms with van der Waals surface area (Å²) in [6.45, 7) is 4.76. The Hall–Kier alpha value is -0.650. The third kappa shape index (κ3) is 2.78. The zero-order valence-corrected chi connectivity index (χ0v) is 11.4. The fourth-order valence-corrected chi connectivity index (χ4v) is 3.23. The van der Waals surface area contributed by atoms with Crippen LogP contribution in [0.2, 0.25) is 0 Å². The number of hydrogen-bond acceptors (Lipinski definition) is 5. The molecule has 1 aromatic rings. The Balaban J connectivity index is 2.24. The molecule has 4 nitrogen and oxygen atoms in total. The molecular weight excluding hydrogens is 234 g/mol. The monoisotopic (exact) mass is 253 g/mol. The van der Waals surface area contributed by atoms with Gasteiger partial charge in [-0.3, -0.25) is 4.90 Å². The molecule has 0 aromatic carbocycles. The Morgan fingerprint density at radius 3 is 2.94 bits per heavy atom. The minimum Gasteiger partial charge on any atom is -0.389 e. The van der Waals surface area contributed by atoms with Crippen molar-refractivity contribution in [2.45, 2.75) is 26.0 Å². The van der Waals surface area contributed by atoms with Gasteiger partial charge >= 0.3 is 0 Å². The highest BCUT2D eigenvalue weighted by Crippen LogP contribution is 2.26. The third-order valence-electron chi connectivity index (χ3n) is 3.18. The van der Waals surface area contributed by atoms with Crippen LogP contribution in [-0.2, 0) is 0 Å². The van der Waals surface area contributed by atoms with Crippen LogP contribution < -0.4 is 0 Å². The number of nitrogens with zero attached hydrogens (tertiary/aromatic N) is 3. The number of aliphatic hydroxyl groups is 1. The molecule has 1 aliphatic rings. The Morgan fingerprint density at radius 1 is 1.59 bits per heavy atom. The smallest absolute Gasteiger partial charge is 0.146 e. The lowest BCUT2D eigenvalue weighted by molar-refractivity contribution is 0.197. The van der Waals surface area contributed by atoms with Gasteiger partial charge in [-0.15, -0.1) is 0 Å². The van der Waals surface area contributed by atoms with E-state index in [0.717, 1.165) is 29.4 Å². The summed E-state index contributed by atoms with van der Waals surface area (Å²) in [6, 6.07) is 0.301. The first-order valence-corrected chi connectivity index (χ1v) is 7.04. The van der Waals surface area contributed by atoms with Crippen molar-refractivity contribution in [1.29, 1.82) is 0 Å². The number of hydrogen-bond donors (Lipinski definition) is 1. The molecule has 17 heavy (non-hydrogen) atoms. The van der Waals surface area contributed by atoms with Gasteiger partial charge in [0, 0.05) is 35.5 Å². The second-order valence-electron chi connectivity index (χ2n) is 4.52. The maximum atomic E-state index is 9.56. The molecule has 0 saturated carbocycles. The highest BCUT2D eigenvalue weighted by Gasteiger charge is 2.24. The minimum atomic E-state index is -0.498. The van der Waals surface area contributed by atoms with Gasteiger partial charge in [-0.2, -0.15) is 11.8 Å². The standard InChI is InChI=1S/C12H19N3OS/c1-8-10(9(2)16)6-13-12(14-8)11-7-17-5-4-15(11)3/h6,9,11,16H,4-5,7H2,1-3H3. The van der Waals surface area contributed by atoms with Crippen molar-refractivity contribution >= 4 is 11.8 Å². The lowest BCUT2D eigenvalue weighted by Crippen LogP contribution is -2.34. The van der Waals surface area contributed by atoms with Gasteiger partial charge in [-0.05, 0) is 20.9 Å². The van der Waals surface area contributed by atoms with Crippen LogP contribution in [0.4, 0.5) is 0 Å². The maximum absolute atomic E-state index is 9.56. The SMILES string of the molecule is Cc1nc(C2CSCCN2C)ncc1C(C)O. The molecule has 0 aliphatic carbocycles. The van der Waals surface area contributed by atoms with E-state index in [-0.39, 0.29) is 0 Å². The Labute approximate surface area is 106 Å². The Kier molecular flexibility index (Phi) is 4.01. The largest absolute Gasteiger partial charge is 0.389 e. The normalized spacial score (nSPS) is 23.6. The van der Waals surface area contributed by atoms with E-state index in [4.69, 9.17) is 0 Å². The van der Waals surface area contributed by atoms with E-state index in [1.807, 2.05) is 18.7 Å².